The summed E-state index contributed by atoms with van der Waals surface area (Å²) in [5, 5.41) is 3.06. The van der Waals surface area contributed by atoms with Crippen molar-refractivity contribution >= 4 is 5.69 Å². The van der Waals surface area contributed by atoms with E-state index in [1.807, 2.05) is 6.92 Å². The van der Waals surface area contributed by atoms with Gasteiger partial charge in [-0.2, -0.15) is 0 Å². The minimum absolute atomic E-state index is 0.0372. The molecule has 2 heteroatoms. The second-order valence-corrected chi connectivity index (χ2v) is 3.00. The molecule has 0 aliphatic heterocycles. The summed E-state index contributed by atoms with van der Waals surface area (Å²) in [6.45, 7) is 3.60. The zero-order chi connectivity index (χ0) is 9.84. The molecule has 0 aromatic heterocycles. The fraction of sp³-hybridized carbons (Fsp3) is 0.273. The number of rotatable bonds is 2. The van der Waals surface area contributed by atoms with Gasteiger partial charge in [-0.1, -0.05) is 5.92 Å². The first-order chi connectivity index (χ1) is 6.13. The fourth-order valence-electron chi connectivity index (χ4n) is 1.03. The number of hydrogen-bond donors (Lipinski definition) is 1. The molecule has 0 aliphatic carbocycles. The molecule has 1 rings (SSSR count). The molecule has 1 nitrogen and oxygen atoms in total. The summed E-state index contributed by atoms with van der Waals surface area (Å²) >= 11 is 0. The Kier molecular flexibility index (Phi) is 2.92. The van der Waals surface area contributed by atoms with Crippen LogP contribution in [0.1, 0.15) is 12.5 Å². The molecule has 1 aromatic carbocycles. The van der Waals surface area contributed by atoms with Crippen molar-refractivity contribution in [1.82, 2.24) is 0 Å². The van der Waals surface area contributed by atoms with Gasteiger partial charge < -0.3 is 5.32 Å². The Morgan fingerprint density at radius 3 is 2.77 bits per heavy atom. The first-order valence-electron chi connectivity index (χ1n) is 4.12. The maximum absolute atomic E-state index is 12.8. The zero-order valence-electron chi connectivity index (χ0n) is 7.76. The topological polar surface area (TPSA) is 12.0 Å². The van der Waals surface area contributed by atoms with Gasteiger partial charge in [-0.3, -0.25) is 0 Å². The van der Waals surface area contributed by atoms with E-state index in [2.05, 4.69) is 11.2 Å². The van der Waals surface area contributed by atoms with Crippen LogP contribution in [0.5, 0.6) is 0 Å². The third-order valence-corrected chi connectivity index (χ3v) is 1.79. The molecule has 0 aliphatic rings. The summed E-state index contributed by atoms with van der Waals surface area (Å²) in [7, 11) is 0. The lowest BCUT2D eigenvalue weighted by Crippen LogP contribution is -2.11. The maximum atomic E-state index is 12.8. The van der Waals surface area contributed by atoms with Crippen LogP contribution in [0.25, 0.3) is 0 Å². The molecule has 1 aromatic rings. The smallest absolute Gasteiger partial charge is 0.126 e. The average molecular weight is 177 g/mol. The van der Waals surface area contributed by atoms with Crippen molar-refractivity contribution in [3.8, 4) is 12.3 Å². The molecular weight excluding hydrogens is 165 g/mol. The number of nitrogens with one attached hydrogen (secondary N) is 1. The lowest BCUT2D eigenvalue weighted by atomic mass is 10.2. The highest BCUT2D eigenvalue weighted by Crippen LogP contribution is 2.14. The molecule has 68 valence electrons. The molecule has 0 heterocycles. The van der Waals surface area contributed by atoms with Crippen LogP contribution in [0.3, 0.4) is 0 Å². The monoisotopic (exact) mass is 177 g/mol. The Labute approximate surface area is 78.0 Å². The lowest BCUT2D eigenvalue weighted by Gasteiger charge is -2.09. The zero-order valence-corrected chi connectivity index (χ0v) is 7.76. The number of aryl methyl sites for hydroxylation is 1. The molecule has 1 N–H and O–H groups in total. The normalized spacial score (nSPS) is 11.8. The van der Waals surface area contributed by atoms with E-state index in [0.29, 0.717) is 5.56 Å². The highest BCUT2D eigenvalue weighted by Gasteiger charge is 2.00. The van der Waals surface area contributed by atoms with Crippen LogP contribution in [-0.2, 0) is 0 Å². The van der Waals surface area contributed by atoms with Gasteiger partial charge in [0.1, 0.15) is 5.82 Å². The van der Waals surface area contributed by atoms with E-state index in [-0.39, 0.29) is 11.9 Å². The standard InChI is InChI=1S/C11H12FN/c1-4-9(3)13-10-5-6-11(12)8(2)7-10/h1,5-7,9,13H,2-3H3. The van der Waals surface area contributed by atoms with Gasteiger partial charge in [0.25, 0.3) is 0 Å². The van der Waals surface area contributed by atoms with Gasteiger partial charge in [0.05, 0.1) is 6.04 Å². The van der Waals surface area contributed by atoms with E-state index >= 15 is 0 Å². The molecule has 0 bridgehead atoms. The van der Waals surface area contributed by atoms with E-state index < -0.39 is 0 Å². The number of terminal acetylenes is 1. The van der Waals surface area contributed by atoms with E-state index in [4.69, 9.17) is 6.42 Å². The number of halogens is 1. The highest BCUT2D eigenvalue weighted by atomic mass is 19.1. The van der Waals surface area contributed by atoms with Crippen LogP contribution < -0.4 is 5.32 Å². The average Bonchev–Trinajstić information content (AvgIpc) is 2.11. The number of benzene rings is 1. The van der Waals surface area contributed by atoms with Crippen molar-refractivity contribution in [3.63, 3.8) is 0 Å². The molecule has 1 unspecified atom stereocenters. The summed E-state index contributed by atoms with van der Waals surface area (Å²) in [5.41, 5.74) is 1.47. The van der Waals surface area contributed by atoms with Crippen molar-refractivity contribution in [2.75, 3.05) is 5.32 Å². The fourth-order valence-corrected chi connectivity index (χ4v) is 1.03. The molecule has 1 atom stereocenters. The lowest BCUT2D eigenvalue weighted by molar-refractivity contribution is 0.618. The first kappa shape index (κ1) is 9.60. The number of anilines is 1. The van der Waals surface area contributed by atoms with Crippen LogP contribution in [0.4, 0.5) is 10.1 Å². The summed E-state index contributed by atoms with van der Waals surface area (Å²) in [5.74, 6) is 2.35. The van der Waals surface area contributed by atoms with E-state index in [1.54, 1.807) is 19.1 Å². The highest BCUT2D eigenvalue weighted by molar-refractivity contribution is 5.47. The summed E-state index contributed by atoms with van der Waals surface area (Å²) in [6.07, 6.45) is 5.20. The summed E-state index contributed by atoms with van der Waals surface area (Å²) < 4.78 is 12.8. The third-order valence-electron chi connectivity index (χ3n) is 1.79. The Hall–Kier alpha value is -1.49. The Balaban J connectivity index is 2.81. The molecule has 0 fully saturated rings. The van der Waals surface area contributed by atoms with Crippen molar-refractivity contribution in [2.45, 2.75) is 19.9 Å². The summed E-state index contributed by atoms with van der Waals surface area (Å²) in [6, 6.07) is 4.81. The molecule has 0 radical (unpaired) electrons. The molecule has 0 saturated heterocycles. The quantitative estimate of drug-likeness (QED) is 0.684. The Bertz CT molecular complexity index is 338. The molecule has 0 amide bonds. The van der Waals surface area contributed by atoms with Gasteiger partial charge in [0.2, 0.25) is 0 Å². The molecule has 13 heavy (non-hydrogen) atoms. The van der Waals surface area contributed by atoms with E-state index in [0.717, 1.165) is 5.69 Å². The number of hydrogen-bond acceptors (Lipinski definition) is 1. The minimum Gasteiger partial charge on any atom is -0.372 e. The predicted octanol–water partition coefficient (Wildman–Crippen LogP) is 2.57. The van der Waals surface area contributed by atoms with Gasteiger partial charge in [0.15, 0.2) is 0 Å². The van der Waals surface area contributed by atoms with Gasteiger partial charge in [-0.05, 0) is 37.6 Å². The van der Waals surface area contributed by atoms with Crippen LogP contribution in [0, 0.1) is 25.1 Å². The van der Waals surface area contributed by atoms with Gasteiger partial charge in [0, 0.05) is 5.69 Å². The Morgan fingerprint density at radius 1 is 1.54 bits per heavy atom. The van der Waals surface area contributed by atoms with Crippen LogP contribution in [-0.4, -0.2) is 6.04 Å². The molecular formula is C11H12FN. The van der Waals surface area contributed by atoms with Gasteiger partial charge in [-0.25, -0.2) is 4.39 Å². The molecule has 0 saturated carbocycles. The van der Waals surface area contributed by atoms with E-state index in [1.165, 1.54) is 6.07 Å². The van der Waals surface area contributed by atoms with Crippen molar-refractivity contribution < 1.29 is 4.39 Å². The Morgan fingerprint density at radius 2 is 2.23 bits per heavy atom. The van der Waals surface area contributed by atoms with Gasteiger partial charge in [-0.15, -0.1) is 6.42 Å². The second-order valence-electron chi connectivity index (χ2n) is 3.00. The van der Waals surface area contributed by atoms with Crippen LogP contribution in [0.2, 0.25) is 0 Å². The SMILES string of the molecule is C#CC(C)Nc1ccc(F)c(C)c1. The van der Waals surface area contributed by atoms with Crippen molar-refractivity contribution in [1.29, 1.82) is 0 Å². The van der Waals surface area contributed by atoms with Crippen LogP contribution in [0.15, 0.2) is 18.2 Å². The third kappa shape index (κ3) is 2.48. The van der Waals surface area contributed by atoms with E-state index in [9.17, 15) is 4.39 Å². The molecule has 0 spiro atoms. The first-order valence-corrected chi connectivity index (χ1v) is 4.12. The van der Waals surface area contributed by atoms with Crippen molar-refractivity contribution in [2.24, 2.45) is 0 Å². The minimum atomic E-state index is -0.195. The largest absolute Gasteiger partial charge is 0.372 e. The van der Waals surface area contributed by atoms with Crippen LogP contribution >= 0.6 is 0 Å². The summed E-state index contributed by atoms with van der Waals surface area (Å²) in [4.78, 5) is 0. The second kappa shape index (κ2) is 3.95. The predicted molar refractivity (Wildman–Crippen MR) is 53.1 cm³/mol. The van der Waals surface area contributed by atoms with Crippen molar-refractivity contribution in [3.05, 3.63) is 29.6 Å². The maximum Gasteiger partial charge on any atom is 0.126 e. The van der Waals surface area contributed by atoms with Gasteiger partial charge >= 0.3 is 0 Å².